The van der Waals surface area contributed by atoms with Gasteiger partial charge in [0.1, 0.15) is 6.26 Å². The van der Waals surface area contributed by atoms with Crippen LogP contribution in [0.4, 0.5) is 10.2 Å². The van der Waals surface area contributed by atoms with Gasteiger partial charge in [0, 0.05) is 38.1 Å². The lowest BCUT2D eigenvalue weighted by molar-refractivity contribution is -0.116. The Morgan fingerprint density at radius 3 is 2.87 bits per heavy atom. The molecule has 1 aliphatic carbocycles. The first-order valence-electron chi connectivity index (χ1n) is 10.2. The Morgan fingerprint density at radius 2 is 2.13 bits per heavy atom. The summed E-state index contributed by atoms with van der Waals surface area (Å²) in [5.74, 6) is 1.85. The monoisotopic (exact) mass is 420 g/mol. The molecule has 0 spiro atoms. The number of hydrogen-bond acceptors (Lipinski definition) is 7. The Kier molecular flexibility index (Phi) is 5.15. The standard InChI is InChI=1S/C22H21FN6O2/c23-18-11-27-20(22-26-8-9-31-22)28-21(18)29-12-16-15(17(16)13-29)5-7-25-19(30)4-3-14-2-1-6-24-10-14/h1-4,6,8-11,15-17H,5,7,12-13H2,(H,25,30)/b4-3+/t15?,16-,17+. The van der Waals surface area contributed by atoms with Crippen LogP contribution in [-0.4, -0.2) is 45.5 Å². The molecule has 1 N–H and O–H groups in total. The maximum absolute atomic E-state index is 14.3. The molecule has 1 amide bonds. The zero-order chi connectivity index (χ0) is 21.2. The molecule has 3 aromatic rings. The van der Waals surface area contributed by atoms with Gasteiger partial charge in [-0.2, -0.15) is 0 Å². The molecule has 158 valence electrons. The van der Waals surface area contributed by atoms with Crippen LogP contribution >= 0.6 is 0 Å². The van der Waals surface area contributed by atoms with Crippen LogP contribution in [0.3, 0.4) is 0 Å². The van der Waals surface area contributed by atoms with Crippen LogP contribution in [0.15, 0.2) is 53.7 Å². The molecule has 5 rings (SSSR count). The SMILES string of the molecule is O=C(/C=C/c1cccnc1)NCCC1[C@H]2CN(c3nc(-c4ncco4)ncc3F)C[C@@H]12. The number of amides is 1. The molecule has 2 fully saturated rings. The van der Waals surface area contributed by atoms with Crippen LogP contribution in [0.2, 0.25) is 0 Å². The molecule has 1 saturated heterocycles. The first-order valence-corrected chi connectivity index (χ1v) is 10.2. The van der Waals surface area contributed by atoms with E-state index in [1.54, 1.807) is 18.5 Å². The summed E-state index contributed by atoms with van der Waals surface area (Å²) in [5, 5.41) is 2.93. The molecule has 1 saturated carbocycles. The predicted molar refractivity (Wildman–Crippen MR) is 111 cm³/mol. The van der Waals surface area contributed by atoms with Crippen LogP contribution in [-0.2, 0) is 4.79 Å². The topological polar surface area (TPSA) is 97.0 Å². The van der Waals surface area contributed by atoms with Gasteiger partial charge in [0.05, 0.1) is 12.4 Å². The first-order chi connectivity index (χ1) is 15.2. The number of pyridine rings is 1. The van der Waals surface area contributed by atoms with Crippen LogP contribution in [0.25, 0.3) is 17.8 Å². The number of rotatable bonds is 7. The van der Waals surface area contributed by atoms with Crippen LogP contribution in [0.5, 0.6) is 0 Å². The fourth-order valence-electron chi connectivity index (χ4n) is 4.33. The number of nitrogens with zero attached hydrogens (tertiary/aromatic N) is 5. The van der Waals surface area contributed by atoms with Crippen molar-refractivity contribution in [3.63, 3.8) is 0 Å². The highest BCUT2D eigenvalue weighted by Crippen LogP contribution is 2.54. The highest BCUT2D eigenvalue weighted by Gasteiger charge is 2.55. The van der Waals surface area contributed by atoms with Crippen molar-refractivity contribution in [1.29, 1.82) is 0 Å². The van der Waals surface area contributed by atoms with Gasteiger partial charge in [0.15, 0.2) is 11.6 Å². The van der Waals surface area contributed by atoms with E-state index in [4.69, 9.17) is 4.42 Å². The van der Waals surface area contributed by atoms with Crippen molar-refractivity contribution in [2.75, 3.05) is 24.5 Å². The van der Waals surface area contributed by atoms with E-state index < -0.39 is 5.82 Å². The van der Waals surface area contributed by atoms with Gasteiger partial charge in [-0.25, -0.2) is 19.3 Å². The smallest absolute Gasteiger partial charge is 0.264 e. The van der Waals surface area contributed by atoms with Crippen molar-refractivity contribution in [1.82, 2.24) is 25.3 Å². The minimum absolute atomic E-state index is 0.113. The van der Waals surface area contributed by atoms with Gasteiger partial charge in [0.2, 0.25) is 11.7 Å². The molecule has 31 heavy (non-hydrogen) atoms. The normalized spacial score (nSPS) is 22.0. The van der Waals surface area contributed by atoms with Gasteiger partial charge in [-0.1, -0.05) is 6.07 Å². The second-order valence-electron chi connectivity index (χ2n) is 7.80. The Hall–Kier alpha value is -3.62. The van der Waals surface area contributed by atoms with E-state index in [1.165, 1.54) is 18.5 Å². The van der Waals surface area contributed by atoms with Crippen LogP contribution in [0, 0.1) is 23.6 Å². The summed E-state index contributed by atoms with van der Waals surface area (Å²) in [5.41, 5.74) is 0.886. The molecule has 1 unspecified atom stereocenters. The number of oxazole rings is 1. The molecule has 2 aliphatic rings. The van der Waals surface area contributed by atoms with Crippen molar-refractivity contribution >= 4 is 17.8 Å². The molecule has 0 aromatic carbocycles. The van der Waals surface area contributed by atoms with E-state index in [9.17, 15) is 9.18 Å². The van der Waals surface area contributed by atoms with E-state index in [2.05, 4.69) is 25.3 Å². The van der Waals surface area contributed by atoms with Crippen molar-refractivity contribution in [3.05, 3.63) is 60.6 Å². The molecule has 9 heteroatoms. The number of fused-ring (bicyclic) bond motifs is 1. The van der Waals surface area contributed by atoms with Gasteiger partial charge in [-0.3, -0.25) is 9.78 Å². The van der Waals surface area contributed by atoms with E-state index in [0.717, 1.165) is 31.3 Å². The quantitative estimate of drug-likeness (QED) is 0.587. The Bertz CT molecular complexity index is 1080. The summed E-state index contributed by atoms with van der Waals surface area (Å²) < 4.78 is 19.5. The minimum atomic E-state index is -0.444. The molecule has 4 heterocycles. The van der Waals surface area contributed by atoms with E-state index in [-0.39, 0.29) is 17.6 Å². The highest BCUT2D eigenvalue weighted by atomic mass is 19.1. The summed E-state index contributed by atoms with van der Waals surface area (Å²) in [6.07, 6.45) is 11.7. The van der Waals surface area contributed by atoms with E-state index >= 15 is 0 Å². The van der Waals surface area contributed by atoms with E-state index in [1.807, 2.05) is 17.0 Å². The number of anilines is 1. The largest absolute Gasteiger partial charge is 0.442 e. The lowest BCUT2D eigenvalue weighted by Gasteiger charge is -2.21. The van der Waals surface area contributed by atoms with Gasteiger partial charge < -0.3 is 14.6 Å². The number of halogens is 1. The summed E-state index contributed by atoms with van der Waals surface area (Å²) >= 11 is 0. The van der Waals surface area contributed by atoms with Gasteiger partial charge in [-0.05, 0) is 41.9 Å². The molecule has 3 atom stereocenters. The Morgan fingerprint density at radius 1 is 1.26 bits per heavy atom. The third-order valence-corrected chi connectivity index (χ3v) is 5.91. The Balaban J connectivity index is 1.10. The highest BCUT2D eigenvalue weighted by molar-refractivity contribution is 5.91. The summed E-state index contributed by atoms with van der Waals surface area (Å²) in [7, 11) is 0. The van der Waals surface area contributed by atoms with Gasteiger partial charge in [0.25, 0.3) is 5.89 Å². The maximum Gasteiger partial charge on any atom is 0.264 e. The predicted octanol–water partition coefficient (Wildman–Crippen LogP) is 2.57. The molecular weight excluding hydrogens is 399 g/mol. The van der Waals surface area contributed by atoms with Gasteiger partial charge >= 0.3 is 0 Å². The molecule has 3 aromatic heterocycles. The van der Waals surface area contributed by atoms with Crippen molar-refractivity contribution < 1.29 is 13.6 Å². The average molecular weight is 420 g/mol. The maximum atomic E-state index is 14.3. The lowest BCUT2D eigenvalue weighted by atomic mass is 10.2. The number of aromatic nitrogens is 4. The zero-order valence-corrected chi connectivity index (χ0v) is 16.7. The van der Waals surface area contributed by atoms with Crippen LogP contribution < -0.4 is 10.2 Å². The van der Waals surface area contributed by atoms with Crippen molar-refractivity contribution in [3.8, 4) is 11.7 Å². The third kappa shape index (κ3) is 4.16. The average Bonchev–Trinajstić information content (AvgIpc) is 3.20. The molecule has 0 radical (unpaired) electrons. The second-order valence-corrected chi connectivity index (χ2v) is 7.80. The third-order valence-electron chi connectivity index (χ3n) is 5.91. The molecule has 0 bridgehead atoms. The molecular formula is C22H21FN6O2. The fraction of sp³-hybridized carbons (Fsp3) is 0.318. The van der Waals surface area contributed by atoms with E-state index in [0.29, 0.717) is 30.1 Å². The summed E-state index contributed by atoms with van der Waals surface area (Å²) in [6, 6.07) is 3.72. The summed E-state index contributed by atoms with van der Waals surface area (Å²) in [6.45, 7) is 2.14. The molecule has 8 nitrogen and oxygen atoms in total. The lowest BCUT2D eigenvalue weighted by Crippen LogP contribution is -2.28. The number of piperidine rings is 1. The Labute approximate surface area is 178 Å². The number of carbonyl (C=O) groups excluding carboxylic acids is 1. The number of nitrogens with one attached hydrogen (secondary N) is 1. The zero-order valence-electron chi connectivity index (χ0n) is 16.7. The molecule has 1 aliphatic heterocycles. The van der Waals surface area contributed by atoms with Crippen LogP contribution in [0.1, 0.15) is 12.0 Å². The minimum Gasteiger partial charge on any atom is -0.442 e. The van der Waals surface area contributed by atoms with Gasteiger partial charge in [-0.15, -0.1) is 0 Å². The number of hydrogen-bond donors (Lipinski definition) is 1. The second kappa shape index (κ2) is 8.25. The summed E-state index contributed by atoms with van der Waals surface area (Å²) in [4.78, 5) is 30.3. The van der Waals surface area contributed by atoms with Crippen molar-refractivity contribution in [2.24, 2.45) is 17.8 Å². The first kappa shape index (κ1) is 19.3. The fourth-order valence-corrected chi connectivity index (χ4v) is 4.33. The van der Waals surface area contributed by atoms with Crippen molar-refractivity contribution in [2.45, 2.75) is 6.42 Å². The number of carbonyl (C=O) groups is 1.